The molecule has 0 atom stereocenters. The molecule has 0 N–H and O–H groups in total. The van der Waals surface area contributed by atoms with E-state index in [4.69, 9.17) is 14.2 Å². The molecule has 0 bridgehead atoms. The highest BCUT2D eigenvalue weighted by Gasteiger charge is 2.33. The lowest BCUT2D eigenvalue weighted by molar-refractivity contribution is -0.170. The van der Waals surface area contributed by atoms with E-state index in [0.29, 0.717) is 6.42 Å². The van der Waals surface area contributed by atoms with Gasteiger partial charge in [0, 0.05) is 0 Å². The Kier molecular flexibility index (Phi) is 8.03. The summed E-state index contributed by atoms with van der Waals surface area (Å²) in [6.45, 7) is 7.77. The molecule has 1 aliphatic carbocycles. The number of carbonyl (C=O) groups excluding carboxylic acids is 2. The van der Waals surface area contributed by atoms with Crippen LogP contribution in [-0.2, 0) is 23.8 Å². The molecule has 0 aromatic carbocycles. The number of hydrogen-bond acceptors (Lipinski definition) is 5. The first-order valence-corrected chi connectivity index (χ1v) is 8.82. The van der Waals surface area contributed by atoms with Crippen LogP contribution in [0.15, 0.2) is 0 Å². The summed E-state index contributed by atoms with van der Waals surface area (Å²) >= 11 is 0. The Labute approximate surface area is 140 Å². The summed E-state index contributed by atoms with van der Waals surface area (Å²) in [5.41, 5.74) is -0.774. The zero-order valence-electron chi connectivity index (χ0n) is 15.1. The summed E-state index contributed by atoms with van der Waals surface area (Å²) in [5, 5.41) is 0. The van der Waals surface area contributed by atoms with Crippen molar-refractivity contribution in [2.75, 3.05) is 13.4 Å². The van der Waals surface area contributed by atoms with Crippen molar-refractivity contribution in [3.63, 3.8) is 0 Å². The zero-order valence-corrected chi connectivity index (χ0v) is 15.1. The highest BCUT2D eigenvalue weighted by atomic mass is 16.7. The molecule has 1 saturated carbocycles. The van der Waals surface area contributed by atoms with Crippen LogP contribution in [0.1, 0.15) is 79.1 Å². The molecule has 0 aromatic heterocycles. The van der Waals surface area contributed by atoms with Crippen LogP contribution in [0, 0.1) is 5.41 Å². The topological polar surface area (TPSA) is 61.8 Å². The highest BCUT2D eigenvalue weighted by molar-refractivity contribution is 5.75. The molecule has 0 radical (unpaired) electrons. The zero-order chi connectivity index (χ0) is 17.3. The number of carbonyl (C=O) groups is 2. The average Bonchev–Trinajstić information content (AvgIpc) is 2.55. The molecule has 5 heteroatoms. The third-order valence-electron chi connectivity index (χ3n) is 4.90. The van der Waals surface area contributed by atoms with Gasteiger partial charge in [-0.3, -0.25) is 9.59 Å². The molecule has 0 amide bonds. The van der Waals surface area contributed by atoms with Gasteiger partial charge in [0.1, 0.15) is 5.60 Å². The van der Waals surface area contributed by atoms with Crippen LogP contribution >= 0.6 is 0 Å². The third-order valence-corrected chi connectivity index (χ3v) is 4.90. The van der Waals surface area contributed by atoms with Crippen LogP contribution in [0.3, 0.4) is 0 Å². The first-order chi connectivity index (χ1) is 10.9. The fraction of sp³-hybridized carbons (Fsp3) is 0.889. The average molecular weight is 328 g/mol. The van der Waals surface area contributed by atoms with Gasteiger partial charge in [-0.15, -0.1) is 0 Å². The van der Waals surface area contributed by atoms with Gasteiger partial charge in [-0.25, -0.2) is 0 Å². The quantitative estimate of drug-likeness (QED) is 0.364. The minimum absolute atomic E-state index is 0.117. The molecule has 0 heterocycles. The van der Waals surface area contributed by atoms with E-state index >= 15 is 0 Å². The Morgan fingerprint density at radius 2 is 1.74 bits per heavy atom. The van der Waals surface area contributed by atoms with Crippen LogP contribution in [0.4, 0.5) is 0 Å². The molecule has 0 saturated heterocycles. The second-order valence-corrected chi connectivity index (χ2v) is 7.02. The minimum atomic E-state index is -0.503. The summed E-state index contributed by atoms with van der Waals surface area (Å²) < 4.78 is 16.0. The van der Waals surface area contributed by atoms with Gasteiger partial charge >= 0.3 is 11.9 Å². The molecule has 0 aromatic rings. The van der Waals surface area contributed by atoms with Gasteiger partial charge in [-0.05, 0) is 52.4 Å². The number of hydrogen-bond donors (Lipinski definition) is 0. The molecular formula is C18H32O5. The highest BCUT2D eigenvalue weighted by Crippen LogP contribution is 2.34. The fourth-order valence-corrected chi connectivity index (χ4v) is 2.67. The summed E-state index contributed by atoms with van der Waals surface area (Å²) in [6, 6.07) is 0. The summed E-state index contributed by atoms with van der Waals surface area (Å²) in [5.74, 6) is -0.510. The summed E-state index contributed by atoms with van der Waals surface area (Å²) in [6.07, 6.45) is 7.15. The molecule has 1 aliphatic rings. The minimum Gasteiger partial charge on any atom is -0.459 e. The predicted octanol–water partition coefficient (Wildman–Crippen LogP) is 3.99. The maximum absolute atomic E-state index is 12.0. The normalized spacial score (nSPS) is 17.6. The second kappa shape index (κ2) is 9.26. The molecule has 134 valence electrons. The lowest BCUT2D eigenvalue weighted by Crippen LogP contribution is -2.36. The first kappa shape index (κ1) is 19.9. The van der Waals surface area contributed by atoms with E-state index in [9.17, 15) is 9.59 Å². The van der Waals surface area contributed by atoms with Crippen molar-refractivity contribution >= 4 is 11.9 Å². The van der Waals surface area contributed by atoms with Crippen molar-refractivity contribution in [2.24, 2.45) is 5.41 Å². The molecule has 0 aliphatic heterocycles. The first-order valence-electron chi connectivity index (χ1n) is 8.82. The van der Waals surface area contributed by atoms with Crippen molar-refractivity contribution < 1.29 is 23.8 Å². The van der Waals surface area contributed by atoms with Crippen molar-refractivity contribution in [3.05, 3.63) is 0 Å². The summed E-state index contributed by atoms with van der Waals surface area (Å²) in [7, 11) is 0. The molecular weight excluding hydrogens is 296 g/mol. The monoisotopic (exact) mass is 328 g/mol. The van der Waals surface area contributed by atoms with E-state index in [1.54, 1.807) is 0 Å². The van der Waals surface area contributed by atoms with Crippen molar-refractivity contribution in [1.29, 1.82) is 0 Å². The Hall–Kier alpha value is -1.10. The molecule has 1 rings (SSSR count). The maximum Gasteiger partial charge on any atom is 0.313 e. The Bertz CT molecular complexity index is 383. The smallest absolute Gasteiger partial charge is 0.313 e. The SMILES string of the molecule is CCC1(OC(=O)CCOCOC(=O)C(C)(C)CC)CCCCC1. The van der Waals surface area contributed by atoms with Gasteiger partial charge in [0.25, 0.3) is 0 Å². The predicted molar refractivity (Wildman–Crippen MR) is 87.8 cm³/mol. The van der Waals surface area contributed by atoms with E-state index in [2.05, 4.69) is 6.92 Å². The van der Waals surface area contributed by atoms with E-state index < -0.39 is 5.41 Å². The van der Waals surface area contributed by atoms with Crippen molar-refractivity contribution in [2.45, 2.75) is 84.7 Å². The van der Waals surface area contributed by atoms with Gasteiger partial charge in [-0.1, -0.05) is 20.3 Å². The van der Waals surface area contributed by atoms with Crippen LogP contribution < -0.4 is 0 Å². The number of rotatable bonds is 9. The van der Waals surface area contributed by atoms with Gasteiger partial charge in [-0.2, -0.15) is 0 Å². The Morgan fingerprint density at radius 3 is 2.30 bits per heavy atom. The standard InChI is InChI=1S/C18H32O5/c1-5-17(3,4)16(20)22-14-21-13-10-15(19)23-18(6-2)11-8-7-9-12-18/h5-14H2,1-4H3. The third kappa shape index (κ3) is 6.50. The second-order valence-electron chi connectivity index (χ2n) is 7.02. The van der Waals surface area contributed by atoms with Crippen LogP contribution in [0.2, 0.25) is 0 Å². The van der Waals surface area contributed by atoms with Crippen LogP contribution in [0.25, 0.3) is 0 Å². The molecule has 0 unspecified atom stereocenters. The summed E-state index contributed by atoms with van der Waals surface area (Å²) in [4.78, 5) is 23.7. The van der Waals surface area contributed by atoms with E-state index in [0.717, 1.165) is 32.1 Å². The van der Waals surface area contributed by atoms with Crippen molar-refractivity contribution in [1.82, 2.24) is 0 Å². The van der Waals surface area contributed by atoms with Gasteiger partial charge in [0.15, 0.2) is 6.79 Å². The lowest BCUT2D eigenvalue weighted by atomic mass is 9.83. The van der Waals surface area contributed by atoms with E-state index in [1.165, 1.54) is 6.42 Å². The molecule has 1 fully saturated rings. The molecule has 23 heavy (non-hydrogen) atoms. The van der Waals surface area contributed by atoms with Crippen LogP contribution in [-0.4, -0.2) is 30.9 Å². The van der Waals surface area contributed by atoms with Gasteiger partial charge in [0.05, 0.1) is 18.4 Å². The number of esters is 2. The molecule has 5 nitrogen and oxygen atoms in total. The van der Waals surface area contributed by atoms with E-state index in [1.807, 2.05) is 20.8 Å². The molecule has 0 spiro atoms. The lowest BCUT2D eigenvalue weighted by Gasteiger charge is -2.36. The number of ether oxygens (including phenoxy) is 3. The Balaban J connectivity index is 2.20. The maximum atomic E-state index is 12.0. The van der Waals surface area contributed by atoms with Crippen molar-refractivity contribution in [3.8, 4) is 0 Å². The van der Waals surface area contributed by atoms with E-state index in [-0.39, 0.29) is 37.4 Å². The van der Waals surface area contributed by atoms with Gasteiger partial charge < -0.3 is 14.2 Å². The van der Waals surface area contributed by atoms with Crippen LogP contribution in [0.5, 0.6) is 0 Å². The largest absolute Gasteiger partial charge is 0.459 e. The van der Waals surface area contributed by atoms with Gasteiger partial charge in [0.2, 0.25) is 0 Å². The fourth-order valence-electron chi connectivity index (χ4n) is 2.67. The Morgan fingerprint density at radius 1 is 1.09 bits per heavy atom.